The average molecular weight is 335 g/mol. The van der Waals surface area contributed by atoms with Crippen LogP contribution < -0.4 is 10.1 Å². The predicted octanol–water partition coefficient (Wildman–Crippen LogP) is 4.76. The Bertz CT molecular complexity index is 739. The second-order valence-electron chi connectivity index (χ2n) is 4.87. The van der Waals surface area contributed by atoms with Crippen LogP contribution in [-0.2, 0) is 11.0 Å². The minimum atomic E-state index is -4.45. The van der Waals surface area contributed by atoms with Crippen LogP contribution in [0.5, 0.6) is 5.75 Å². The smallest absolute Gasteiger partial charge is 0.416 e. The van der Waals surface area contributed by atoms with Gasteiger partial charge in [-0.3, -0.25) is 4.79 Å². The van der Waals surface area contributed by atoms with E-state index in [1.165, 1.54) is 18.2 Å². The molecule has 24 heavy (non-hydrogen) atoms. The molecule has 0 unspecified atom stereocenters. The van der Waals surface area contributed by atoms with Gasteiger partial charge in [-0.1, -0.05) is 24.3 Å². The molecular weight excluding hydrogens is 319 g/mol. The number of carbonyl (C=O) groups excluding carboxylic acids is 1. The minimum Gasteiger partial charge on any atom is -0.493 e. The van der Waals surface area contributed by atoms with Gasteiger partial charge in [0.15, 0.2) is 0 Å². The van der Waals surface area contributed by atoms with E-state index in [2.05, 4.69) is 5.32 Å². The maximum absolute atomic E-state index is 12.7. The number of ether oxygens (including phenoxy) is 1. The van der Waals surface area contributed by atoms with Crippen molar-refractivity contribution in [1.82, 2.24) is 0 Å². The number of amides is 1. The molecule has 0 saturated heterocycles. The summed E-state index contributed by atoms with van der Waals surface area (Å²) in [6, 6.07) is 11.6. The summed E-state index contributed by atoms with van der Waals surface area (Å²) in [7, 11) is 0. The number of hydrogen-bond acceptors (Lipinski definition) is 2. The first-order chi connectivity index (χ1) is 11.4. The molecule has 0 fully saturated rings. The minimum absolute atomic E-state index is 0.0811. The Morgan fingerprint density at radius 1 is 1.17 bits per heavy atom. The summed E-state index contributed by atoms with van der Waals surface area (Å²) in [5, 5.41) is 2.41. The van der Waals surface area contributed by atoms with E-state index in [-0.39, 0.29) is 5.69 Å². The molecule has 1 amide bonds. The molecule has 2 rings (SSSR count). The standard InChI is InChI=1S/C18H16F3NO2/c1-2-24-16-9-4-3-6-13(16)10-11-17(23)22-15-8-5-7-14(12-15)18(19,20)21/h3-12H,2H2,1H3,(H,22,23)/b11-10+. The van der Waals surface area contributed by atoms with Gasteiger partial charge < -0.3 is 10.1 Å². The van der Waals surface area contributed by atoms with Crippen molar-refractivity contribution in [2.24, 2.45) is 0 Å². The molecule has 126 valence electrons. The first-order valence-corrected chi connectivity index (χ1v) is 7.28. The van der Waals surface area contributed by atoms with Gasteiger partial charge in [0.2, 0.25) is 5.91 Å². The van der Waals surface area contributed by atoms with Crippen molar-refractivity contribution in [1.29, 1.82) is 0 Å². The quantitative estimate of drug-likeness (QED) is 0.800. The van der Waals surface area contributed by atoms with Crippen molar-refractivity contribution in [2.75, 3.05) is 11.9 Å². The van der Waals surface area contributed by atoms with Crippen molar-refractivity contribution < 1.29 is 22.7 Å². The maximum Gasteiger partial charge on any atom is 0.416 e. The highest BCUT2D eigenvalue weighted by atomic mass is 19.4. The monoisotopic (exact) mass is 335 g/mol. The van der Waals surface area contributed by atoms with Crippen LogP contribution in [0.15, 0.2) is 54.6 Å². The fraction of sp³-hybridized carbons (Fsp3) is 0.167. The van der Waals surface area contributed by atoms with Crippen LogP contribution in [0.3, 0.4) is 0 Å². The fourth-order valence-corrected chi connectivity index (χ4v) is 2.03. The average Bonchev–Trinajstić information content (AvgIpc) is 2.54. The Kier molecular flexibility index (Phi) is 5.63. The van der Waals surface area contributed by atoms with E-state index in [0.29, 0.717) is 17.9 Å². The number of carbonyl (C=O) groups is 1. The summed E-state index contributed by atoms with van der Waals surface area (Å²) in [5.74, 6) is 0.101. The van der Waals surface area contributed by atoms with Crippen molar-refractivity contribution >= 4 is 17.7 Å². The van der Waals surface area contributed by atoms with Gasteiger partial charge in [0, 0.05) is 17.3 Å². The predicted molar refractivity (Wildman–Crippen MR) is 86.7 cm³/mol. The Balaban J connectivity index is 2.09. The van der Waals surface area contributed by atoms with Crippen LogP contribution in [0.25, 0.3) is 6.08 Å². The molecule has 2 aromatic carbocycles. The van der Waals surface area contributed by atoms with Crippen molar-refractivity contribution in [3.05, 3.63) is 65.7 Å². The lowest BCUT2D eigenvalue weighted by molar-refractivity contribution is -0.137. The topological polar surface area (TPSA) is 38.3 Å². The molecule has 0 bridgehead atoms. The molecule has 0 heterocycles. The van der Waals surface area contributed by atoms with Crippen LogP contribution in [0.4, 0.5) is 18.9 Å². The fourth-order valence-electron chi connectivity index (χ4n) is 2.03. The van der Waals surface area contributed by atoms with E-state index < -0.39 is 17.6 Å². The van der Waals surface area contributed by atoms with Gasteiger partial charge in [0.25, 0.3) is 0 Å². The Morgan fingerprint density at radius 2 is 1.92 bits per heavy atom. The lowest BCUT2D eigenvalue weighted by Gasteiger charge is -2.09. The van der Waals surface area contributed by atoms with Crippen molar-refractivity contribution in [3.63, 3.8) is 0 Å². The zero-order valence-electron chi connectivity index (χ0n) is 12.9. The molecule has 0 aliphatic carbocycles. The van der Waals surface area contributed by atoms with Crippen LogP contribution >= 0.6 is 0 Å². The van der Waals surface area contributed by atoms with Crippen LogP contribution in [-0.4, -0.2) is 12.5 Å². The molecule has 0 saturated carbocycles. The zero-order valence-corrected chi connectivity index (χ0v) is 12.9. The maximum atomic E-state index is 12.7. The molecule has 0 aromatic heterocycles. The molecule has 2 aromatic rings. The second kappa shape index (κ2) is 7.68. The third-order valence-corrected chi connectivity index (χ3v) is 3.09. The summed E-state index contributed by atoms with van der Waals surface area (Å²) in [6.45, 7) is 2.34. The third-order valence-electron chi connectivity index (χ3n) is 3.09. The first-order valence-electron chi connectivity index (χ1n) is 7.28. The highest BCUT2D eigenvalue weighted by molar-refractivity contribution is 6.02. The van der Waals surface area contributed by atoms with E-state index in [4.69, 9.17) is 4.74 Å². The summed E-state index contributed by atoms with van der Waals surface area (Å²) in [6.07, 6.45) is -1.65. The summed E-state index contributed by atoms with van der Waals surface area (Å²) < 4.78 is 43.4. The first kappa shape index (κ1) is 17.6. The lowest BCUT2D eigenvalue weighted by Crippen LogP contribution is -2.10. The molecule has 0 radical (unpaired) electrons. The number of halogens is 3. The highest BCUT2D eigenvalue weighted by Gasteiger charge is 2.30. The molecule has 0 spiro atoms. The molecule has 1 N–H and O–H groups in total. The molecule has 0 aliphatic rings. The summed E-state index contributed by atoms with van der Waals surface area (Å²) in [5.41, 5.74) is -0.0259. The Hall–Kier alpha value is -2.76. The van der Waals surface area contributed by atoms with Gasteiger partial charge in [0.1, 0.15) is 5.75 Å². The molecule has 3 nitrogen and oxygen atoms in total. The number of para-hydroxylation sites is 1. The summed E-state index contributed by atoms with van der Waals surface area (Å²) >= 11 is 0. The second-order valence-corrected chi connectivity index (χ2v) is 4.87. The summed E-state index contributed by atoms with van der Waals surface area (Å²) in [4.78, 5) is 11.9. The third kappa shape index (κ3) is 4.87. The number of anilines is 1. The van der Waals surface area contributed by atoms with Gasteiger partial charge in [-0.25, -0.2) is 0 Å². The van der Waals surface area contributed by atoms with Gasteiger partial charge in [-0.15, -0.1) is 0 Å². The molecule has 0 aliphatic heterocycles. The van der Waals surface area contributed by atoms with Gasteiger partial charge in [0.05, 0.1) is 12.2 Å². The van der Waals surface area contributed by atoms with Crippen LogP contribution in [0.1, 0.15) is 18.1 Å². The number of alkyl halides is 3. The zero-order chi connectivity index (χ0) is 17.6. The normalized spacial score (nSPS) is 11.5. The van der Waals surface area contributed by atoms with Crippen molar-refractivity contribution in [3.8, 4) is 5.75 Å². The molecular formula is C18H16F3NO2. The van der Waals surface area contributed by atoms with E-state index in [9.17, 15) is 18.0 Å². The number of nitrogens with one attached hydrogen (secondary N) is 1. The van der Waals surface area contributed by atoms with Crippen LogP contribution in [0, 0.1) is 0 Å². The molecule has 0 atom stereocenters. The van der Waals surface area contributed by atoms with E-state index in [1.54, 1.807) is 24.3 Å². The van der Waals surface area contributed by atoms with E-state index in [0.717, 1.165) is 12.1 Å². The van der Waals surface area contributed by atoms with Crippen molar-refractivity contribution in [2.45, 2.75) is 13.1 Å². The van der Waals surface area contributed by atoms with Gasteiger partial charge in [-0.2, -0.15) is 13.2 Å². The number of benzene rings is 2. The Morgan fingerprint density at radius 3 is 2.62 bits per heavy atom. The largest absolute Gasteiger partial charge is 0.493 e. The molecule has 6 heteroatoms. The van der Waals surface area contributed by atoms with Gasteiger partial charge >= 0.3 is 6.18 Å². The highest BCUT2D eigenvalue weighted by Crippen LogP contribution is 2.30. The Labute approximate surface area is 137 Å². The van der Waals surface area contributed by atoms with E-state index >= 15 is 0 Å². The number of hydrogen-bond donors (Lipinski definition) is 1. The van der Waals surface area contributed by atoms with Crippen LogP contribution in [0.2, 0.25) is 0 Å². The number of rotatable bonds is 5. The lowest BCUT2D eigenvalue weighted by atomic mass is 10.1. The SMILES string of the molecule is CCOc1ccccc1/C=C/C(=O)Nc1cccc(C(F)(F)F)c1. The van der Waals surface area contributed by atoms with Gasteiger partial charge in [-0.05, 0) is 37.3 Å². The van der Waals surface area contributed by atoms with E-state index in [1.807, 2.05) is 13.0 Å².